The Labute approximate surface area is 105 Å². The number of aromatic nitrogens is 1. The number of hydrogen-bond donors (Lipinski definition) is 1. The van der Waals surface area contributed by atoms with Gasteiger partial charge in [0.05, 0.1) is 15.8 Å². The van der Waals surface area contributed by atoms with Crippen molar-refractivity contribution in [1.29, 1.82) is 0 Å². The molecular formula is C11H12F4N2S. The van der Waals surface area contributed by atoms with Gasteiger partial charge < -0.3 is 5.73 Å². The van der Waals surface area contributed by atoms with E-state index in [1.54, 1.807) is 0 Å². The van der Waals surface area contributed by atoms with Crippen molar-refractivity contribution in [2.24, 2.45) is 0 Å². The Morgan fingerprint density at radius 3 is 2.33 bits per heavy atom. The first-order valence-corrected chi connectivity index (χ1v) is 6.04. The molecule has 2 nitrogen and oxygen atoms in total. The fourth-order valence-corrected chi connectivity index (χ4v) is 2.27. The number of nitrogens with two attached hydrogens (primary N) is 1. The lowest BCUT2D eigenvalue weighted by atomic mass is 10.1. The Bertz CT molecular complexity index is 560. The van der Waals surface area contributed by atoms with Crippen LogP contribution in [-0.4, -0.2) is 4.98 Å². The summed E-state index contributed by atoms with van der Waals surface area (Å²) in [5.74, 6) is -0.942. The summed E-state index contributed by atoms with van der Waals surface area (Å²) in [5, 5.41) is 0.0522. The number of aryl methyl sites for hydroxylation is 1. The summed E-state index contributed by atoms with van der Waals surface area (Å²) in [4.78, 5) is 3.70. The first-order valence-electron chi connectivity index (χ1n) is 5.23. The zero-order valence-electron chi connectivity index (χ0n) is 10.0. The molecule has 1 aromatic carbocycles. The third kappa shape index (κ3) is 2.55. The molecule has 2 N–H and O–H groups in total. The van der Waals surface area contributed by atoms with Crippen molar-refractivity contribution in [1.82, 2.24) is 4.98 Å². The predicted molar refractivity (Wildman–Crippen MR) is 65.1 cm³/mol. The number of nitrogen functional groups attached to an aromatic ring is 1. The quantitative estimate of drug-likeness (QED) is 0.728. The molecule has 0 saturated heterocycles. The monoisotopic (exact) mass is 280 g/mol. The van der Waals surface area contributed by atoms with E-state index in [0.717, 1.165) is 11.3 Å². The van der Waals surface area contributed by atoms with Gasteiger partial charge in [-0.25, -0.2) is 9.37 Å². The molecule has 0 aliphatic heterocycles. The Hall–Kier alpha value is -1.37. The first kappa shape index (κ1) is 14.7. The zero-order valence-corrected chi connectivity index (χ0v) is 10.8. The largest absolute Gasteiger partial charge is 0.416 e. The molecule has 1 aromatic heterocycles. The lowest BCUT2D eigenvalue weighted by Crippen LogP contribution is -2.08. The van der Waals surface area contributed by atoms with Crippen LogP contribution in [0.25, 0.3) is 10.2 Å². The van der Waals surface area contributed by atoms with E-state index < -0.39 is 17.6 Å². The van der Waals surface area contributed by atoms with E-state index in [-0.39, 0.29) is 20.9 Å². The molecule has 0 amide bonds. The number of nitrogens with zero attached hydrogens (tertiary/aromatic N) is 1. The smallest absolute Gasteiger partial charge is 0.375 e. The number of fused-ring (bicyclic) bond motifs is 1. The van der Waals surface area contributed by atoms with Gasteiger partial charge in [0.15, 0.2) is 5.13 Å². The topological polar surface area (TPSA) is 38.9 Å². The average molecular weight is 280 g/mol. The zero-order chi connectivity index (χ0) is 14.1. The summed E-state index contributed by atoms with van der Waals surface area (Å²) in [7, 11) is 0. The normalized spacial score (nSPS) is 11.3. The number of rotatable bonds is 0. The van der Waals surface area contributed by atoms with Crippen molar-refractivity contribution >= 4 is 26.7 Å². The van der Waals surface area contributed by atoms with Crippen molar-refractivity contribution in [2.75, 3.05) is 5.73 Å². The minimum absolute atomic E-state index is 0.0187. The molecule has 7 heteroatoms. The lowest BCUT2D eigenvalue weighted by molar-refractivity contribution is -0.138. The van der Waals surface area contributed by atoms with Gasteiger partial charge in [-0.05, 0) is 18.6 Å². The van der Waals surface area contributed by atoms with Gasteiger partial charge >= 0.3 is 6.18 Å². The average Bonchev–Trinajstić information content (AvgIpc) is 2.67. The van der Waals surface area contributed by atoms with Crippen LogP contribution in [0.5, 0.6) is 0 Å². The molecule has 0 aliphatic rings. The molecule has 0 fully saturated rings. The van der Waals surface area contributed by atoms with Gasteiger partial charge in [-0.3, -0.25) is 0 Å². The highest BCUT2D eigenvalue weighted by Crippen LogP contribution is 2.38. The van der Waals surface area contributed by atoms with Gasteiger partial charge in [-0.15, -0.1) is 0 Å². The van der Waals surface area contributed by atoms with Crippen LogP contribution < -0.4 is 5.73 Å². The Morgan fingerprint density at radius 2 is 1.83 bits per heavy atom. The van der Waals surface area contributed by atoms with Crippen molar-refractivity contribution in [3.63, 3.8) is 0 Å². The van der Waals surface area contributed by atoms with Crippen molar-refractivity contribution in [2.45, 2.75) is 26.9 Å². The molecule has 0 bridgehead atoms. The second-order valence-electron chi connectivity index (χ2n) is 3.26. The predicted octanol–water partition coefficient (Wildman–Crippen LogP) is 4.37. The third-order valence-corrected chi connectivity index (χ3v) is 3.09. The second kappa shape index (κ2) is 5.09. The van der Waals surface area contributed by atoms with Gasteiger partial charge in [-0.2, -0.15) is 13.2 Å². The van der Waals surface area contributed by atoms with Crippen LogP contribution >= 0.6 is 11.3 Å². The summed E-state index contributed by atoms with van der Waals surface area (Å²) in [5.41, 5.74) is 4.22. The van der Waals surface area contributed by atoms with E-state index in [9.17, 15) is 17.6 Å². The Morgan fingerprint density at radius 1 is 1.28 bits per heavy atom. The summed E-state index contributed by atoms with van der Waals surface area (Å²) in [6, 6.07) is 0.481. The maximum Gasteiger partial charge on any atom is 0.416 e. The summed E-state index contributed by atoms with van der Waals surface area (Å²) in [6.45, 7) is 5.25. The van der Waals surface area contributed by atoms with Crippen LogP contribution in [0.1, 0.15) is 25.0 Å². The molecule has 2 rings (SSSR count). The highest BCUT2D eigenvalue weighted by molar-refractivity contribution is 7.22. The van der Waals surface area contributed by atoms with E-state index >= 15 is 0 Å². The minimum atomic E-state index is -4.59. The minimum Gasteiger partial charge on any atom is -0.375 e. The first-order chi connectivity index (χ1) is 8.30. The molecule has 0 atom stereocenters. The van der Waals surface area contributed by atoms with Gasteiger partial charge in [-0.1, -0.05) is 25.2 Å². The van der Waals surface area contributed by atoms with E-state index in [2.05, 4.69) is 4.98 Å². The summed E-state index contributed by atoms with van der Waals surface area (Å²) < 4.78 is 51.1. The third-order valence-electron chi connectivity index (χ3n) is 2.20. The molecule has 0 spiro atoms. The van der Waals surface area contributed by atoms with E-state index in [4.69, 9.17) is 5.73 Å². The van der Waals surface area contributed by atoms with Crippen molar-refractivity contribution < 1.29 is 17.6 Å². The molecule has 0 saturated carbocycles. The molecule has 100 valence electrons. The summed E-state index contributed by atoms with van der Waals surface area (Å²) >= 11 is 0.837. The van der Waals surface area contributed by atoms with E-state index in [1.165, 1.54) is 6.92 Å². The van der Waals surface area contributed by atoms with Gasteiger partial charge in [0.2, 0.25) is 0 Å². The van der Waals surface area contributed by atoms with Crippen LogP contribution in [0.4, 0.5) is 22.7 Å². The molecular weight excluding hydrogens is 268 g/mol. The number of benzene rings is 1. The number of alkyl halides is 3. The number of thiazole rings is 1. The summed E-state index contributed by atoms with van der Waals surface area (Å²) in [6.07, 6.45) is -4.59. The van der Waals surface area contributed by atoms with Gasteiger partial charge in [0.25, 0.3) is 0 Å². The Kier molecular flexibility index (Phi) is 4.16. The fraction of sp³-hybridized carbons (Fsp3) is 0.364. The number of hydrogen-bond acceptors (Lipinski definition) is 3. The van der Waals surface area contributed by atoms with E-state index in [0.29, 0.717) is 6.07 Å². The molecule has 0 unspecified atom stereocenters. The lowest BCUT2D eigenvalue weighted by Gasteiger charge is -2.10. The van der Waals surface area contributed by atoms with Gasteiger partial charge in [0.1, 0.15) is 5.82 Å². The Balaban J connectivity index is 0.000000771. The van der Waals surface area contributed by atoms with Crippen LogP contribution in [-0.2, 0) is 6.18 Å². The van der Waals surface area contributed by atoms with Gasteiger partial charge in [0, 0.05) is 0 Å². The maximum atomic E-state index is 13.4. The molecule has 18 heavy (non-hydrogen) atoms. The molecule has 2 aromatic rings. The van der Waals surface area contributed by atoms with Crippen LogP contribution in [0.2, 0.25) is 0 Å². The molecule has 0 radical (unpaired) electrons. The second-order valence-corrected chi connectivity index (χ2v) is 4.29. The van der Waals surface area contributed by atoms with E-state index in [1.807, 2.05) is 13.8 Å². The van der Waals surface area contributed by atoms with Crippen molar-refractivity contribution in [3.05, 3.63) is 23.0 Å². The number of anilines is 1. The fourth-order valence-electron chi connectivity index (χ4n) is 1.48. The maximum absolute atomic E-state index is 13.4. The number of halogens is 4. The molecule has 1 heterocycles. The standard InChI is InChI=1S/C9H6F4N2S.C2H6/c1-3-4(9(11,12)13)2-5(10)7-6(3)15-8(14)16-7;1-2/h2H,1H3,(H2,14,15);1-2H3. The van der Waals surface area contributed by atoms with Crippen LogP contribution in [0.15, 0.2) is 6.07 Å². The van der Waals surface area contributed by atoms with Crippen LogP contribution in [0, 0.1) is 12.7 Å². The van der Waals surface area contributed by atoms with Crippen molar-refractivity contribution in [3.8, 4) is 0 Å². The SMILES string of the molecule is CC.Cc1c(C(F)(F)F)cc(F)c2sc(N)nc12. The highest BCUT2D eigenvalue weighted by atomic mass is 32.1. The molecule has 0 aliphatic carbocycles. The highest BCUT2D eigenvalue weighted by Gasteiger charge is 2.34. The van der Waals surface area contributed by atoms with Crippen LogP contribution in [0.3, 0.4) is 0 Å².